The molecule has 0 saturated heterocycles. The van der Waals surface area contributed by atoms with E-state index >= 15 is 0 Å². The molecule has 3 heteroatoms. The summed E-state index contributed by atoms with van der Waals surface area (Å²) in [5.41, 5.74) is 1.39. The number of benzene rings is 1. The van der Waals surface area contributed by atoms with Crippen LogP contribution < -0.4 is 0 Å². The highest BCUT2D eigenvalue weighted by Gasteiger charge is 2.47. The predicted molar refractivity (Wildman–Crippen MR) is 89.1 cm³/mol. The van der Waals surface area contributed by atoms with E-state index in [1.807, 2.05) is 6.07 Å². The SMILES string of the molecule is C[C@]12C=CC(=O)C[C@@H]1CC[C@@H]2c1ccc2ccnc(Cl)c2c1. The van der Waals surface area contributed by atoms with E-state index in [1.54, 1.807) is 12.3 Å². The number of nitrogens with zero attached hydrogens (tertiary/aromatic N) is 1. The molecule has 0 radical (unpaired) electrons. The molecule has 112 valence electrons. The third-order valence-corrected chi connectivity index (χ3v) is 5.96. The van der Waals surface area contributed by atoms with E-state index in [2.05, 4.69) is 36.2 Å². The lowest BCUT2D eigenvalue weighted by atomic mass is 9.67. The topological polar surface area (TPSA) is 30.0 Å². The lowest BCUT2D eigenvalue weighted by Crippen LogP contribution is -2.30. The molecule has 4 rings (SSSR count). The summed E-state index contributed by atoms with van der Waals surface area (Å²) in [7, 11) is 0. The third kappa shape index (κ3) is 2.01. The molecule has 1 fully saturated rings. The van der Waals surface area contributed by atoms with Crippen LogP contribution in [-0.4, -0.2) is 10.8 Å². The number of halogens is 1. The summed E-state index contributed by atoms with van der Waals surface area (Å²) in [6.45, 7) is 2.30. The number of fused-ring (bicyclic) bond motifs is 2. The molecule has 0 bridgehead atoms. The Balaban J connectivity index is 1.80. The van der Waals surface area contributed by atoms with E-state index in [9.17, 15) is 4.79 Å². The Morgan fingerprint density at radius 1 is 1.27 bits per heavy atom. The smallest absolute Gasteiger partial charge is 0.155 e. The number of pyridine rings is 1. The van der Waals surface area contributed by atoms with Crippen molar-refractivity contribution in [3.63, 3.8) is 0 Å². The Morgan fingerprint density at radius 3 is 3.00 bits per heavy atom. The van der Waals surface area contributed by atoms with Crippen LogP contribution in [-0.2, 0) is 4.79 Å². The third-order valence-electron chi connectivity index (χ3n) is 5.65. The van der Waals surface area contributed by atoms with Crippen molar-refractivity contribution in [2.24, 2.45) is 11.3 Å². The van der Waals surface area contributed by atoms with Crippen LogP contribution in [0.25, 0.3) is 10.8 Å². The van der Waals surface area contributed by atoms with Gasteiger partial charge in [0.1, 0.15) is 5.15 Å². The summed E-state index contributed by atoms with van der Waals surface area (Å²) in [6.07, 6.45) is 8.62. The largest absolute Gasteiger partial charge is 0.295 e. The molecule has 1 heterocycles. The number of hydrogen-bond donors (Lipinski definition) is 0. The highest BCUT2D eigenvalue weighted by molar-refractivity contribution is 6.34. The molecule has 0 spiro atoms. The van der Waals surface area contributed by atoms with Gasteiger partial charge in [-0.3, -0.25) is 4.79 Å². The van der Waals surface area contributed by atoms with Crippen molar-refractivity contribution in [3.05, 3.63) is 53.3 Å². The van der Waals surface area contributed by atoms with Gasteiger partial charge in [0.15, 0.2) is 5.78 Å². The van der Waals surface area contributed by atoms with Gasteiger partial charge in [0, 0.05) is 18.0 Å². The minimum absolute atomic E-state index is 0.0796. The summed E-state index contributed by atoms with van der Waals surface area (Å²) in [5, 5.41) is 2.70. The zero-order valence-corrected chi connectivity index (χ0v) is 13.3. The van der Waals surface area contributed by atoms with Crippen molar-refractivity contribution in [2.75, 3.05) is 0 Å². The first kappa shape index (κ1) is 14.0. The van der Waals surface area contributed by atoms with Gasteiger partial charge < -0.3 is 0 Å². The monoisotopic (exact) mass is 311 g/mol. The molecular weight excluding hydrogens is 294 g/mol. The van der Waals surface area contributed by atoms with Gasteiger partial charge in [0.05, 0.1) is 0 Å². The number of carbonyl (C=O) groups is 1. The summed E-state index contributed by atoms with van der Waals surface area (Å²) >= 11 is 6.26. The molecule has 2 aliphatic rings. The standard InChI is InChI=1S/C19H18ClNO/c1-19-8-6-15(22)11-14(19)4-5-17(19)13-3-2-12-7-9-21-18(20)16(12)10-13/h2-3,6-10,14,17H,4-5,11H2,1H3/t14-,17+,19-/m0/s1. The van der Waals surface area contributed by atoms with Crippen molar-refractivity contribution in [1.82, 2.24) is 4.98 Å². The fraction of sp³-hybridized carbons (Fsp3) is 0.368. The quantitative estimate of drug-likeness (QED) is 0.700. The Bertz CT molecular complexity index is 797. The van der Waals surface area contributed by atoms with E-state index in [0.29, 0.717) is 23.4 Å². The van der Waals surface area contributed by atoms with Crippen LogP contribution in [0.5, 0.6) is 0 Å². The zero-order chi connectivity index (χ0) is 15.3. The van der Waals surface area contributed by atoms with Crippen LogP contribution in [0.2, 0.25) is 5.15 Å². The summed E-state index contributed by atoms with van der Waals surface area (Å²) < 4.78 is 0. The van der Waals surface area contributed by atoms with Crippen molar-refractivity contribution < 1.29 is 4.79 Å². The van der Waals surface area contributed by atoms with Gasteiger partial charge in [0.25, 0.3) is 0 Å². The lowest BCUT2D eigenvalue weighted by Gasteiger charge is -2.36. The summed E-state index contributed by atoms with van der Waals surface area (Å²) in [6, 6.07) is 8.52. The molecule has 3 atom stereocenters. The molecule has 2 nitrogen and oxygen atoms in total. The Labute approximate surface area is 135 Å². The van der Waals surface area contributed by atoms with Gasteiger partial charge >= 0.3 is 0 Å². The predicted octanol–water partition coefficient (Wildman–Crippen LogP) is 4.92. The first-order valence-electron chi connectivity index (χ1n) is 7.84. The number of aromatic nitrogens is 1. The van der Waals surface area contributed by atoms with Crippen LogP contribution in [0.15, 0.2) is 42.6 Å². The van der Waals surface area contributed by atoms with E-state index < -0.39 is 0 Å². The van der Waals surface area contributed by atoms with Crippen LogP contribution >= 0.6 is 11.6 Å². The molecule has 2 aromatic rings. The van der Waals surface area contributed by atoms with E-state index in [4.69, 9.17) is 11.6 Å². The van der Waals surface area contributed by atoms with Crippen molar-refractivity contribution in [2.45, 2.75) is 32.1 Å². The minimum atomic E-state index is 0.0796. The fourth-order valence-corrected chi connectivity index (χ4v) is 4.54. The molecule has 1 aromatic heterocycles. The Morgan fingerprint density at radius 2 is 2.14 bits per heavy atom. The number of hydrogen-bond acceptors (Lipinski definition) is 2. The van der Waals surface area contributed by atoms with Crippen molar-refractivity contribution in [1.29, 1.82) is 0 Å². The summed E-state index contributed by atoms with van der Waals surface area (Å²) in [5.74, 6) is 1.19. The van der Waals surface area contributed by atoms with E-state index in [-0.39, 0.29) is 11.2 Å². The highest BCUT2D eigenvalue weighted by atomic mass is 35.5. The molecule has 22 heavy (non-hydrogen) atoms. The molecule has 0 unspecified atom stereocenters. The van der Waals surface area contributed by atoms with Crippen molar-refractivity contribution >= 4 is 28.2 Å². The van der Waals surface area contributed by atoms with Gasteiger partial charge in [-0.2, -0.15) is 0 Å². The maximum Gasteiger partial charge on any atom is 0.155 e. The van der Waals surface area contributed by atoms with Crippen LogP contribution in [0.1, 0.15) is 37.7 Å². The molecule has 0 N–H and O–H groups in total. The van der Waals surface area contributed by atoms with Crippen LogP contribution in [0, 0.1) is 11.3 Å². The number of ketones is 1. The van der Waals surface area contributed by atoms with Crippen LogP contribution in [0.3, 0.4) is 0 Å². The fourth-order valence-electron chi connectivity index (χ4n) is 4.32. The molecule has 1 saturated carbocycles. The first-order valence-corrected chi connectivity index (χ1v) is 8.22. The maximum atomic E-state index is 11.7. The highest BCUT2D eigenvalue weighted by Crippen LogP contribution is 2.56. The van der Waals surface area contributed by atoms with Crippen molar-refractivity contribution in [3.8, 4) is 0 Å². The number of carbonyl (C=O) groups excluding carboxylic acids is 1. The maximum absolute atomic E-state index is 11.7. The second-order valence-corrected chi connectivity index (χ2v) is 7.14. The number of rotatable bonds is 1. The lowest BCUT2D eigenvalue weighted by molar-refractivity contribution is -0.116. The van der Waals surface area contributed by atoms with E-state index in [0.717, 1.165) is 23.6 Å². The van der Waals surface area contributed by atoms with E-state index in [1.165, 1.54) is 5.56 Å². The summed E-state index contributed by atoms with van der Waals surface area (Å²) in [4.78, 5) is 15.9. The number of allylic oxidation sites excluding steroid dienone is 2. The molecule has 0 amide bonds. The van der Waals surface area contributed by atoms with Crippen LogP contribution in [0.4, 0.5) is 0 Å². The molecule has 1 aromatic carbocycles. The van der Waals surface area contributed by atoms with Gasteiger partial charge in [-0.25, -0.2) is 4.98 Å². The molecule has 0 aliphatic heterocycles. The zero-order valence-electron chi connectivity index (χ0n) is 12.6. The molecule has 2 aliphatic carbocycles. The second-order valence-electron chi connectivity index (χ2n) is 6.78. The molecular formula is C19H18ClNO. The average molecular weight is 312 g/mol. The Kier molecular flexibility index (Phi) is 3.12. The normalized spacial score (nSPS) is 30.7. The average Bonchev–Trinajstić information content (AvgIpc) is 2.84. The van der Waals surface area contributed by atoms with Gasteiger partial charge in [-0.05, 0) is 59.3 Å². The van der Waals surface area contributed by atoms with Gasteiger partial charge in [-0.15, -0.1) is 0 Å². The van der Waals surface area contributed by atoms with Gasteiger partial charge in [-0.1, -0.05) is 36.7 Å². The minimum Gasteiger partial charge on any atom is -0.295 e. The Hall–Kier alpha value is -1.67. The van der Waals surface area contributed by atoms with Gasteiger partial charge in [0.2, 0.25) is 0 Å². The second kappa shape index (κ2) is 4.92. The first-order chi connectivity index (χ1) is 10.6.